The van der Waals surface area contributed by atoms with Crippen LogP contribution in [0.15, 0.2) is 30.3 Å². The van der Waals surface area contributed by atoms with Crippen LogP contribution in [0.4, 0.5) is 0 Å². The molecule has 0 aromatic heterocycles. The smallest absolute Gasteiger partial charge is 0.234 e. The molecule has 0 aliphatic heterocycles. The van der Waals surface area contributed by atoms with Crippen LogP contribution in [-0.4, -0.2) is 48.7 Å². The third-order valence-electron chi connectivity index (χ3n) is 3.19. The van der Waals surface area contributed by atoms with Crippen LogP contribution in [0.3, 0.4) is 0 Å². The van der Waals surface area contributed by atoms with Crippen molar-refractivity contribution in [2.45, 2.75) is 26.2 Å². The molecule has 0 fully saturated rings. The van der Waals surface area contributed by atoms with Crippen LogP contribution in [0.5, 0.6) is 0 Å². The summed E-state index contributed by atoms with van der Waals surface area (Å²) in [5.41, 5.74) is 1.23. The van der Waals surface area contributed by atoms with Gasteiger partial charge in [0.05, 0.1) is 13.2 Å². The molecule has 1 amide bonds. The zero-order chi connectivity index (χ0) is 14.6. The van der Waals surface area contributed by atoms with E-state index in [1.54, 1.807) is 0 Å². The zero-order valence-electron chi connectivity index (χ0n) is 12.3. The summed E-state index contributed by atoms with van der Waals surface area (Å²) in [5.74, 6) is 0.0329. The molecule has 0 unspecified atom stereocenters. The lowest BCUT2D eigenvalue weighted by Gasteiger charge is -2.20. The Morgan fingerprint density at radius 3 is 2.65 bits per heavy atom. The van der Waals surface area contributed by atoms with E-state index in [1.807, 2.05) is 23.1 Å². The van der Waals surface area contributed by atoms with Crippen molar-refractivity contribution in [3.63, 3.8) is 0 Å². The normalized spacial score (nSPS) is 10.8. The van der Waals surface area contributed by atoms with Gasteiger partial charge in [-0.15, -0.1) is 0 Å². The summed E-state index contributed by atoms with van der Waals surface area (Å²) in [6, 6.07) is 10.1. The first-order valence-corrected chi connectivity index (χ1v) is 7.40. The Balaban J connectivity index is 2.23. The Labute approximate surface area is 121 Å². The first kappa shape index (κ1) is 16.7. The minimum atomic E-state index is 0.0329. The SMILES string of the molecule is CCCCN(CCO)CC(=O)NCCc1ccccc1. The van der Waals surface area contributed by atoms with Gasteiger partial charge in [-0.3, -0.25) is 9.69 Å². The number of benzene rings is 1. The van der Waals surface area contributed by atoms with E-state index >= 15 is 0 Å². The number of hydrogen-bond donors (Lipinski definition) is 2. The fourth-order valence-corrected chi connectivity index (χ4v) is 2.04. The number of rotatable bonds is 10. The molecule has 1 rings (SSSR count). The van der Waals surface area contributed by atoms with Gasteiger partial charge in [0.25, 0.3) is 0 Å². The fraction of sp³-hybridized carbons (Fsp3) is 0.562. The quantitative estimate of drug-likeness (QED) is 0.681. The topological polar surface area (TPSA) is 52.6 Å². The number of aliphatic hydroxyl groups is 1. The lowest BCUT2D eigenvalue weighted by molar-refractivity contribution is -0.122. The molecule has 1 aromatic rings. The lowest BCUT2D eigenvalue weighted by atomic mass is 10.1. The number of amides is 1. The number of carbonyl (C=O) groups is 1. The Morgan fingerprint density at radius 2 is 2.00 bits per heavy atom. The maximum atomic E-state index is 11.8. The van der Waals surface area contributed by atoms with Gasteiger partial charge in [-0.05, 0) is 24.9 Å². The van der Waals surface area contributed by atoms with Crippen molar-refractivity contribution in [3.05, 3.63) is 35.9 Å². The molecule has 0 heterocycles. The van der Waals surface area contributed by atoms with Crippen LogP contribution in [0.25, 0.3) is 0 Å². The predicted molar refractivity (Wildman–Crippen MR) is 81.6 cm³/mol. The van der Waals surface area contributed by atoms with Gasteiger partial charge in [0.2, 0.25) is 5.91 Å². The van der Waals surface area contributed by atoms with Crippen LogP contribution in [0, 0.1) is 0 Å². The minimum Gasteiger partial charge on any atom is -0.395 e. The molecule has 0 aliphatic rings. The molecule has 4 heteroatoms. The molecule has 0 radical (unpaired) electrons. The van der Waals surface area contributed by atoms with Gasteiger partial charge in [0, 0.05) is 13.1 Å². The highest BCUT2D eigenvalue weighted by Gasteiger charge is 2.09. The number of unbranched alkanes of at least 4 members (excludes halogenated alkanes) is 1. The predicted octanol–water partition coefficient (Wildman–Crippen LogP) is 1.44. The molecule has 0 atom stereocenters. The highest BCUT2D eigenvalue weighted by atomic mass is 16.3. The van der Waals surface area contributed by atoms with Crippen LogP contribution in [-0.2, 0) is 11.2 Å². The number of nitrogens with zero attached hydrogens (tertiary/aromatic N) is 1. The lowest BCUT2D eigenvalue weighted by Crippen LogP contribution is -2.39. The molecular formula is C16H26N2O2. The monoisotopic (exact) mass is 278 g/mol. The molecular weight excluding hydrogens is 252 g/mol. The number of carbonyl (C=O) groups excluding carboxylic acids is 1. The molecule has 20 heavy (non-hydrogen) atoms. The van der Waals surface area contributed by atoms with E-state index in [4.69, 9.17) is 5.11 Å². The maximum absolute atomic E-state index is 11.8. The van der Waals surface area contributed by atoms with Crippen LogP contribution >= 0.6 is 0 Å². The summed E-state index contributed by atoms with van der Waals surface area (Å²) in [5, 5.41) is 11.9. The Morgan fingerprint density at radius 1 is 1.25 bits per heavy atom. The standard InChI is InChI=1S/C16H26N2O2/c1-2-3-11-18(12-13-19)14-16(20)17-10-9-15-7-5-4-6-8-15/h4-8,19H,2-3,9-14H2,1H3,(H,17,20). The Bertz CT molecular complexity index is 368. The van der Waals surface area contributed by atoms with E-state index in [0.29, 0.717) is 19.6 Å². The van der Waals surface area contributed by atoms with Crippen molar-refractivity contribution in [1.82, 2.24) is 10.2 Å². The van der Waals surface area contributed by atoms with E-state index in [1.165, 1.54) is 5.56 Å². The molecule has 0 saturated heterocycles. The summed E-state index contributed by atoms with van der Waals surface area (Å²) in [4.78, 5) is 13.8. The van der Waals surface area contributed by atoms with Crippen LogP contribution in [0.2, 0.25) is 0 Å². The van der Waals surface area contributed by atoms with Gasteiger partial charge in [0.15, 0.2) is 0 Å². The van der Waals surface area contributed by atoms with Gasteiger partial charge in [-0.25, -0.2) is 0 Å². The third-order valence-corrected chi connectivity index (χ3v) is 3.19. The van der Waals surface area contributed by atoms with Gasteiger partial charge < -0.3 is 10.4 Å². The molecule has 4 nitrogen and oxygen atoms in total. The highest BCUT2D eigenvalue weighted by Crippen LogP contribution is 1.98. The van der Waals surface area contributed by atoms with E-state index in [0.717, 1.165) is 25.8 Å². The highest BCUT2D eigenvalue weighted by molar-refractivity contribution is 5.78. The summed E-state index contributed by atoms with van der Waals surface area (Å²) < 4.78 is 0. The molecule has 0 spiro atoms. The largest absolute Gasteiger partial charge is 0.395 e. The van der Waals surface area contributed by atoms with Gasteiger partial charge in [0.1, 0.15) is 0 Å². The third kappa shape index (κ3) is 7.26. The molecule has 112 valence electrons. The Kier molecular flexibility index (Phi) is 8.67. The van der Waals surface area contributed by atoms with E-state index in [-0.39, 0.29) is 12.5 Å². The molecule has 2 N–H and O–H groups in total. The first-order chi connectivity index (χ1) is 9.76. The van der Waals surface area contributed by atoms with Crippen molar-refractivity contribution < 1.29 is 9.90 Å². The second-order valence-corrected chi connectivity index (χ2v) is 4.94. The average Bonchev–Trinajstić information content (AvgIpc) is 2.46. The zero-order valence-corrected chi connectivity index (χ0v) is 12.3. The molecule has 1 aromatic carbocycles. The van der Waals surface area contributed by atoms with Gasteiger partial charge >= 0.3 is 0 Å². The number of nitrogens with one attached hydrogen (secondary N) is 1. The van der Waals surface area contributed by atoms with E-state index < -0.39 is 0 Å². The van der Waals surface area contributed by atoms with Crippen LogP contribution < -0.4 is 5.32 Å². The summed E-state index contributed by atoms with van der Waals surface area (Å²) in [7, 11) is 0. The minimum absolute atomic E-state index is 0.0329. The van der Waals surface area contributed by atoms with Crippen LogP contribution in [0.1, 0.15) is 25.3 Å². The number of aliphatic hydroxyl groups excluding tert-OH is 1. The fourth-order valence-electron chi connectivity index (χ4n) is 2.04. The summed E-state index contributed by atoms with van der Waals surface area (Å²) in [6.45, 7) is 4.67. The van der Waals surface area contributed by atoms with Crippen molar-refractivity contribution in [2.75, 3.05) is 32.8 Å². The second-order valence-electron chi connectivity index (χ2n) is 4.94. The van der Waals surface area contributed by atoms with E-state index in [9.17, 15) is 4.79 Å². The van der Waals surface area contributed by atoms with Gasteiger partial charge in [-0.1, -0.05) is 43.7 Å². The molecule has 0 aliphatic carbocycles. The first-order valence-electron chi connectivity index (χ1n) is 7.40. The average molecular weight is 278 g/mol. The maximum Gasteiger partial charge on any atom is 0.234 e. The number of hydrogen-bond acceptors (Lipinski definition) is 3. The van der Waals surface area contributed by atoms with Crippen molar-refractivity contribution in [3.8, 4) is 0 Å². The van der Waals surface area contributed by atoms with Crippen molar-refractivity contribution in [1.29, 1.82) is 0 Å². The summed E-state index contributed by atoms with van der Waals surface area (Å²) >= 11 is 0. The molecule has 0 saturated carbocycles. The second kappa shape index (κ2) is 10.4. The van der Waals surface area contributed by atoms with Gasteiger partial charge in [-0.2, -0.15) is 0 Å². The Hall–Kier alpha value is -1.39. The van der Waals surface area contributed by atoms with Crippen molar-refractivity contribution in [2.24, 2.45) is 0 Å². The summed E-state index contributed by atoms with van der Waals surface area (Å²) in [6.07, 6.45) is 3.00. The van der Waals surface area contributed by atoms with E-state index in [2.05, 4.69) is 24.4 Å². The molecule has 0 bridgehead atoms. The van der Waals surface area contributed by atoms with Crippen molar-refractivity contribution >= 4 is 5.91 Å².